The SMILES string of the molecule is CC(C)(C(O)c1ncc(C(F)(F)F)[nH]1)[N+](=O)[O-]. The topological polar surface area (TPSA) is 92.1 Å². The fraction of sp³-hybridized carbons (Fsp3) is 0.625. The molecule has 1 unspecified atom stereocenters. The molecule has 1 aromatic heterocycles. The molecule has 0 spiro atoms. The highest BCUT2D eigenvalue weighted by molar-refractivity contribution is 5.09. The number of rotatable bonds is 3. The van der Waals surface area contributed by atoms with E-state index in [1.165, 1.54) is 0 Å². The first-order chi connectivity index (χ1) is 7.56. The largest absolute Gasteiger partial charge is 0.432 e. The highest BCUT2D eigenvalue weighted by Crippen LogP contribution is 2.31. The number of halogens is 3. The molecule has 0 bridgehead atoms. The average molecular weight is 253 g/mol. The summed E-state index contributed by atoms with van der Waals surface area (Å²) in [6.07, 6.45) is -5.91. The van der Waals surface area contributed by atoms with E-state index in [1.807, 2.05) is 4.98 Å². The molecule has 17 heavy (non-hydrogen) atoms. The molecular weight excluding hydrogens is 243 g/mol. The summed E-state index contributed by atoms with van der Waals surface area (Å²) in [5, 5.41) is 20.2. The van der Waals surface area contributed by atoms with E-state index in [2.05, 4.69) is 4.98 Å². The van der Waals surface area contributed by atoms with Crippen molar-refractivity contribution in [1.29, 1.82) is 0 Å². The van der Waals surface area contributed by atoms with Crippen LogP contribution in [0.5, 0.6) is 0 Å². The Kier molecular flexibility index (Phi) is 3.15. The summed E-state index contributed by atoms with van der Waals surface area (Å²) in [6, 6.07) is 0. The summed E-state index contributed by atoms with van der Waals surface area (Å²) in [5.41, 5.74) is -2.99. The van der Waals surface area contributed by atoms with Crippen LogP contribution in [-0.4, -0.2) is 25.5 Å². The van der Waals surface area contributed by atoms with Gasteiger partial charge in [-0.25, -0.2) is 4.98 Å². The molecule has 1 heterocycles. The van der Waals surface area contributed by atoms with E-state index in [0.717, 1.165) is 13.8 Å². The van der Waals surface area contributed by atoms with Gasteiger partial charge < -0.3 is 10.1 Å². The third kappa shape index (κ3) is 2.54. The Labute approximate surface area is 93.6 Å². The molecule has 0 fully saturated rings. The third-order valence-corrected chi connectivity index (χ3v) is 2.30. The molecule has 9 heteroatoms. The predicted molar refractivity (Wildman–Crippen MR) is 49.6 cm³/mol. The molecule has 0 saturated heterocycles. The number of imidazole rings is 1. The van der Waals surface area contributed by atoms with Crippen LogP contribution in [0.3, 0.4) is 0 Å². The molecule has 1 rings (SSSR count). The van der Waals surface area contributed by atoms with E-state index in [9.17, 15) is 28.4 Å². The quantitative estimate of drug-likeness (QED) is 0.631. The lowest BCUT2D eigenvalue weighted by Crippen LogP contribution is -2.38. The summed E-state index contributed by atoms with van der Waals surface area (Å²) >= 11 is 0. The maximum Gasteiger partial charge on any atom is 0.432 e. The Morgan fingerprint density at radius 3 is 2.41 bits per heavy atom. The summed E-state index contributed by atoms with van der Waals surface area (Å²) in [5.74, 6) is -0.487. The summed E-state index contributed by atoms with van der Waals surface area (Å²) in [6.45, 7) is 2.18. The highest BCUT2D eigenvalue weighted by Gasteiger charge is 2.43. The standard InChI is InChI=1S/C8H10F3N3O3/c1-7(2,14(16)17)5(15)6-12-3-4(13-6)8(9,10)11/h3,5,15H,1-2H3,(H,12,13). The van der Waals surface area contributed by atoms with Crippen molar-refractivity contribution in [1.82, 2.24) is 9.97 Å². The normalized spacial score (nSPS) is 14.7. The number of nitrogens with zero attached hydrogens (tertiary/aromatic N) is 2. The van der Waals surface area contributed by atoms with Crippen LogP contribution >= 0.6 is 0 Å². The number of alkyl halides is 3. The number of H-pyrrole nitrogens is 1. The molecule has 0 amide bonds. The summed E-state index contributed by atoms with van der Waals surface area (Å²) in [7, 11) is 0. The molecule has 0 saturated carbocycles. The van der Waals surface area contributed by atoms with Crippen molar-refractivity contribution in [2.75, 3.05) is 0 Å². The van der Waals surface area contributed by atoms with Gasteiger partial charge in [0.1, 0.15) is 11.5 Å². The van der Waals surface area contributed by atoms with Gasteiger partial charge in [-0.1, -0.05) is 0 Å². The number of aromatic amines is 1. The molecule has 0 aliphatic rings. The lowest BCUT2D eigenvalue weighted by Gasteiger charge is -2.20. The molecular formula is C8H10F3N3O3. The first-order valence-corrected chi connectivity index (χ1v) is 4.51. The zero-order valence-electron chi connectivity index (χ0n) is 8.95. The van der Waals surface area contributed by atoms with Crippen molar-refractivity contribution >= 4 is 0 Å². The van der Waals surface area contributed by atoms with Crippen molar-refractivity contribution in [2.24, 2.45) is 0 Å². The third-order valence-electron chi connectivity index (χ3n) is 2.30. The Hall–Kier alpha value is -1.64. The second-order valence-electron chi connectivity index (χ2n) is 3.99. The van der Waals surface area contributed by atoms with E-state index < -0.39 is 34.3 Å². The maximum absolute atomic E-state index is 12.2. The number of nitro groups is 1. The highest BCUT2D eigenvalue weighted by atomic mass is 19.4. The van der Waals surface area contributed by atoms with E-state index in [-0.39, 0.29) is 0 Å². The first-order valence-electron chi connectivity index (χ1n) is 4.51. The van der Waals surface area contributed by atoms with Gasteiger partial charge in [0.15, 0.2) is 6.10 Å². The van der Waals surface area contributed by atoms with Crippen LogP contribution in [0.25, 0.3) is 0 Å². The molecule has 1 aromatic rings. The summed E-state index contributed by atoms with van der Waals surface area (Å²) < 4.78 is 36.7. The van der Waals surface area contributed by atoms with E-state index in [0.29, 0.717) is 6.20 Å². The van der Waals surface area contributed by atoms with Crippen molar-refractivity contribution < 1.29 is 23.2 Å². The van der Waals surface area contributed by atoms with Crippen LogP contribution in [0.15, 0.2) is 6.20 Å². The van der Waals surface area contributed by atoms with Crippen LogP contribution < -0.4 is 0 Å². The molecule has 6 nitrogen and oxygen atoms in total. The molecule has 2 N–H and O–H groups in total. The van der Waals surface area contributed by atoms with E-state index in [1.54, 1.807) is 0 Å². The van der Waals surface area contributed by atoms with Crippen LogP contribution in [0.1, 0.15) is 31.5 Å². The van der Waals surface area contributed by atoms with Crippen LogP contribution in [-0.2, 0) is 6.18 Å². The zero-order chi connectivity index (χ0) is 13.4. The lowest BCUT2D eigenvalue weighted by atomic mass is 9.98. The Morgan fingerprint density at radius 2 is 2.06 bits per heavy atom. The number of hydrogen-bond acceptors (Lipinski definition) is 4. The number of nitrogens with one attached hydrogen (secondary N) is 1. The Morgan fingerprint density at radius 1 is 1.53 bits per heavy atom. The van der Waals surface area contributed by atoms with Gasteiger partial charge >= 0.3 is 6.18 Å². The lowest BCUT2D eigenvalue weighted by molar-refractivity contribution is -0.575. The van der Waals surface area contributed by atoms with Gasteiger partial charge in [0, 0.05) is 18.8 Å². The molecule has 0 radical (unpaired) electrons. The molecule has 0 aliphatic carbocycles. The number of hydrogen-bond donors (Lipinski definition) is 2. The fourth-order valence-corrected chi connectivity index (χ4v) is 1.05. The number of aliphatic hydroxyl groups excluding tert-OH is 1. The van der Waals surface area contributed by atoms with Crippen LogP contribution in [0, 0.1) is 10.1 Å². The number of aromatic nitrogens is 2. The average Bonchev–Trinajstić information content (AvgIpc) is 2.63. The van der Waals surface area contributed by atoms with E-state index >= 15 is 0 Å². The van der Waals surface area contributed by atoms with Gasteiger partial charge in [0.2, 0.25) is 5.54 Å². The molecule has 96 valence electrons. The van der Waals surface area contributed by atoms with Crippen molar-refractivity contribution in [3.8, 4) is 0 Å². The van der Waals surface area contributed by atoms with Crippen molar-refractivity contribution in [2.45, 2.75) is 31.7 Å². The second kappa shape index (κ2) is 3.99. The second-order valence-corrected chi connectivity index (χ2v) is 3.99. The smallest absolute Gasteiger partial charge is 0.378 e. The van der Waals surface area contributed by atoms with E-state index in [4.69, 9.17) is 0 Å². The first kappa shape index (κ1) is 13.4. The van der Waals surface area contributed by atoms with Gasteiger partial charge in [-0.3, -0.25) is 10.1 Å². The summed E-state index contributed by atoms with van der Waals surface area (Å²) in [4.78, 5) is 15.0. The Bertz CT molecular complexity index is 427. The van der Waals surface area contributed by atoms with Crippen molar-refractivity contribution in [3.05, 3.63) is 27.8 Å². The predicted octanol–water partition coefficient (Wildman–Crippen LogP) is 1.52. The molecule has 0 aliphatic heterocycles. The van der Waals surface area contributed by atoms with Gasteiger partial charge in [-0.15, -0.1) is 0 Å². The fourth-order valence-electron chi connectivity index (χ4n) is 1.05. The van der Waals surface area contributed by atoms with Crippen LogP contribution in [0.4, 0.5) is 13.2 Å². The van der Waals surface area contributed by atoms with Gasteiger partial charge in [0.25, 0.3) is 0 Å². The minimum Gasteiger partial charge on any atom is -0.378 e. The van der Waals surface area contributed by atoms with Gasteiger partial charge in [-0.05, 0) is 0 Å². The molecule has 0 aromatic carbocycles. The minimum absolute atomic E-state index is 0.481. The Balaban J connectivity index is 3.03. The van der Waals surface area contributed by atoms with Gasteiger partial charge in [-0.2, -0.15) is 13.2 Å². The van der Waals surface area contributed by atoms with Crippen molar-refractivity contribution in [3.63, 3.8) is 0 Å². The molecule has 1 atom stereocenters. The monoisotopic (exact) mass is 253 g/mol. The maximum atomic E-state index is 12.2. The minimum atomic E-state index is -4.64. The van der Waals surface area contributed by atoms with Gasteiger partial charge in [0.05, 0.1) is 6.20 Å². The van der Waals surface area contributed by atoms with Crippen LogP contribution in [0.2, 0.25) is 0 Å². The number of aliphatic hydroxyl groups is 1. The zero-order valence-corrected chi connectivity index (χ0v) is 8.95.